The smallest absolute Gasteiger partial charge is 0.226 e. The van der Waals surface area contributed by atoms with Gasteiger partial charge in [-0.15, -0.1) is 0 Å². The predicted octanol–water partition coefficient (Wildman–Crippen LogP) is 2.40. The van der Waals surface area contributed by atoms with E-state index < -0.39 is 0 Å². The molecule has 1 aromatic carbocycles. The molecule has 2 aromatic rings. The Bertz CT molecular complexity index is 745. The fraction of sp³-hybridized carbons (Fsp3) is 0.550. The van der Waals surface area contributed by atoms with E-state index in [0.717, 1.165) is 42.2 Å². The number of nitrogens with one attached hydrogen (secondary N) is 2. The van der Waals surface area contributed by atoms with Crippen molar-refractivity contribution in [2.45, 2.75) is 40.2 Å². The SMILES string of the molecule is CCOCCOc1cc(C)ccc1CNC(=NC)NCCCc1nc(C)no1. The summed E-state index contributed by atoms with van der Waals surface area (Å²) in [6.45, 7) is 9.03. The molecule has 0 aliphatic heterocycles. The van der Waals surface area contributed by atoms with Crippen LogP contribution in [0.2, 0.25) is 0 Å². The van der Waals surface area contributed by atoms with Gasteiger partial charge in [0.2, 0.25) is 5.89 Å². The molecule has 8 nitrogen and oxygen atoms in total. The van der Waals surface area contributed by atoms with Gasteiger partial charge in [-0.1, -0.05) is 17.3 Å². The molecule has 0 saturated heterocycles. The van der Waals surface area contributed by atoms with E-state index in [2.05, 4.69) is 44.8 Å². The summed E-state index contributed by atoms with van der Waals surface area (Å²) in [7, 11) is 1.76. The number of hydrogen-bond acceptors (Lipinski definition) is 6. The number of ether oxygens (including phenoxy) is 2. The summed E-state index contributed by atoms with van der Waals surface area (Å²) in [5.41, 5.74) is 2.24. The molecule has 0 radical (unpaired) electrons. The van der Waals surface area contributed by atoms with Crippen LogP contribution in [0.15, 0.2) is 27.7 Å². The topological polar surface area (TPSA) is 93.8 Å². The number of benzene rings is 1. The molecule has 2 rings (SSSR count). The first-order chi connectivity index (χ1) is 13.6. The van der Waals surface area contributed by atoms with Crippen LogP contribution in [-0.4, -0.2) is 49.5 Å². The van der Waals surface area contributed by atoms with Crippen LogP contribution >= 0.6 is 0 Å². The molecule has 0 aliphatic carbocycles. The lowest BCUT2D eigenvalue weighted by Gasteiger charge is -2.15. The van der Waals surface area contributed by atoms with Crippen LogP contribution in [0.4, 0.5) is 0 Å². The molecule has 2 N–H and O–H groups in total. The summed E-state index contributed by atoms with van der Waals surface area (Å²) in [5, 5.41) is 10.4. The van der Waals surface area contributed by atoms with E-state index in [0.29, 0.717) is 38.1 Å². The zero-order chi connectivity index (χ0) is 20.2. The fourth-order valence-corrected chi connectivity index (χ4v) is 2.58. The molecule has 1 heterocycles. The lowest BCUT2D eigenvalue weighted by molar-refractivity contribution is 0.110. The molecule has 0 amide bonds. The van der Waals surface area contributed by atoms with Gasteiger partial charge in [0.15, 0.2) is 11.8 Å². The fourth-order valence-electron chi connectivity index (χ4n) is 2.58. The Balaban J connectivity index is 1.78. The minimum atomic E-state index is 0.534. The normalized spacial score (nSPS) is 11.5. The molecule has 0 unspecified atom stereocenters. The van der Waals surface area contributed by atoms with Crippen molar-refractivity contribution >= 4 is 5.96 Å². The van der Waals surface area contributed by atoms with E-state index in [-0.39, 0.29) is 0 Å². The molecule has 0 fully saturated rings. The third-order valence-corrected chi connectivity index (χ3v) is 4.01. The van der Waals surface area contributed by atoms with Crippen molar-refractivity contribution in [1.29, 1.82) is 0 Å². The monoisotopic (exact) mass is 389 g/mol. The van der Waals surface area contributed by atoms with Gasteiger partial charge in [0.05, 0.1) is 6.61 Å². The van der Waals surface area contributed by atoms with Gasteiger partial charge in [-0.05, 0) is 38.8 Å². The van der Waals surface area contributed by atoms with Gasteiger partial charge in [-0.3, -0.25) is 4.99 Å². The van der Waals surface area contributed by atoms with Gasteiger partial charge in [0.25, 0.3) is 0 Å². The highest BCUT2D eigenvalue weighted by Gasteiger charge is 2.07. The Hall–Kier alpha value is -2.61. The second kappa shape index (κ2) is 12.0. The maximum Gasteiger partial charge on any atom is 0.226 e. The Labute approximate surface area is 166 Å². The second-order valence-electron chi connectivity index (χ2n) is 6.35. The van der Waals surface area contributed by atoms with Crippen molar-refractivity contribution in [3.63, 3.8) is 0 Å². The maximum absolute atomic E-state index is 5.89. The molecule has 8 heteroatoms. The van der Waals surface area contributed by atoms with Crippen molar-refractivity contribution in [2.24, 2.45) is 4.99 Å². The number of guanidine groups is 1. The summed E-state index contributed by atoms with van der Waals surface area (Å²) in [6.07, 6.45) is 1.61. The first-order valence-electron chi connectivity index (χ1n) is 9.66. The van der Waals surface area contributed by atoms with Crippen molar-refractivity contribution in [1.82, 2.24) is 20.8 Å². The van der Waals surface area contributed by atoms with Gasteiger partial charge in [0.1, 0.15) is 12.4 Å². The molecular weight excluding hydrogens is 358 g/mol. The van der Waals surface area contributed by atoms with Crippen molar-refractivity contribution in [2.75, 3.05) is 33.4 Å². The van der Waals surface area contributed by atoms with Crippen LogP contribution in [0.3, 0.4) is 0 Å². The molecule has 0 spiro atoms. The minimum absolute atomic E-state index is 0.534. The van der Waals surface area contributed by atoms with Crippen molar-refractivity contribution in [3.05, 3.63) is 41.0 Å². The standard InChI is InChI=1S/C20H31N5O3/c1-5-26-11-12-27-18-13-15(2)8-9-17(18)14-23-20(21-4)22-10-6-7-19-24-16(3)25-28-19/h8-9,13H,5-7,10-12,14H2,1-4H3,(H2,21,22,23). The van der Waals surface area contributed by atoms with Gasteiger partial charge in [-0.25, -0.2) is 0 Å². The maximum atomic E-state index is 5.89. The van der Waals surface area contributed by atoms with E-state index in [1.807, 2.05) is 19.9 Å². The van der Waals surface area contributed by atoms with Crippen LogP contribution in [0.5, 0.6) is 5.75 Å². The van der Waals surface area contributed by atoms with Crippen LogP contribution in [0.1, 0.15) is 36.2 Å². The quantitative estimate of drug-likeness (QED) is 0.346. The number of hydrogen-bond donors (Lipinski definition) is 2. The van der Waals surface area contributed by atoms with E-state index in [4.69, 9.17) is 14.0 Å². The second-order valence-corrected chi connectivity index (χ2v) is 6.35. The van der Waals surface area contributed by atoms with Crippen molar-refractivity contribution < 1.29 is 14.0 Å². The highest BCUT2D eigenvalue weighted by atomic mass is 16.5. The third kappa shape index (κ3) is 7.56. The zero-order valence-electron chi connectivity index (χ0n) is 17.2. The molecule has 28 heavy (non-hydrogen) atoms. The van der Waals surface area contributed by atoms with Gasteiger partial charge in [-0.2, -0.15) is 4.98 Å². The summed E-state index contributed by atoms with van der Waals surface area (Å²) in [5.74, 6) is 2.94. The lowest BCUT2D eigenvalue weighted by Crippen LogP contribution is -2.37. The Morgan fingerprint density at radius 2 is 2.07 bits per heavy atom. The highest BCUT2D eigenvalue weighted by Crippen LogP contribution is 2.20. The third-order valence-electron chi connectivity index (χ3n) is 4.01. The number of rotatable bonds is 11. The Morgan fingerprint density at radius 1 is 1.21 bits per heavy atom. The first-order valence-corrected chi connectivity index (χ1v) is 9.66. The van der Waals surface area contributed by atoms with Gasteiger partial charge < -0.3 is 24.6 Å². The first kappa shape index (κ1) is 21.7. The summed E-state index contributed by atoms with van der Waals surface area (Å²) in [6, 6.07) is 6.20. The van der Waals surface area contributed by atoms with E-state index >= 15 is 0 Å². The molecule has 0 saturated carbocycles. The highest BCUT2D eigenvalue weighted by molar-refractivity contribution is 5.79. The van der Waals surface area contributed by atoms with Crippen LogP contribution < -0.4 is 15.4 Å². The van der Waals surface area contributed by atoms with Crippen LogP contribution in [0, 0.1) is 13.8 Å². The predicted molar refractivity (Wildman–Crippen MR) is 109 cm³/mol. The molecule has 0 aliphatic rings. The van der Waals surface area contributed by atoms with Crippen LogP contribution in [-0.2, 0) is 17.7 Å². The van der Waals surface area contributed by atoms with Crippen LogP contribution in [0.25, 0.3) is 0 Å². The van der Waals surface area contributed by atoms with E-state index in [1.165, 1.54) is 0 Å². The molecular formula is C20H31N5O3. The summed E-state index contributed by atoms with van der Waals surface area (Å²) < 4.78 is 16.3. The average Bonchev–Trinajstić information content (AvgIpc) is 3.11. The van der Waals surface area contributed by atoms with E-state index in [9.17, 15) is 0 Å². The van der Waals surface area contributed by atoms with Crippen molar-refractivity contribution in [3.8, 4) is 5.75 Å². The largest absolute Gasteiger partial charge is 0.491 e. The molecule has 0 atom stereocenters. The summed E-state index contributed by atoms with van der Waals surface area (Å²) >= 11 is 0. The zero-order valence-corrected chi connectivity index (χ0v) is 17.2. The number of aromatic nitrogens is 2. The molecule has 0 bridgehead atoms. The lowest BCUT2D eigenvalue weighted by atomic mass is 10.1. The average molecular weight is 390 g/mol. The molecule has 1 aromatic heterocycles. The number of aryl methyl sites for hydroxylation is 3. The molecule has 154 valence electrons. The number of aliphatic imine (C=N–C) groups is 1. The minimum Gasteiger partial charge on any atom is -0.491 e. The Kier molecular flexibility index (Phi) is 9.27. The van der Waals surface area contributed by atoms with Gasteiger partial charge in [0, 0.05) is 38.7 Å². The number of nitrogens with zero attached hydrogens (tertiary/aromatic N) is 3. The van der Waals surface area contributed by atoms with E-state index in [1.54, 1.807) is 7.05 Å². The Morgan fingerprint density at radius 3 is 2.79 bits per heavy atom. The summed E-state index contributed by atoms with van der Waals surface area (Å²) in [4.78, 5) is 8.47. The van der Waals surface area contributed by atoms with Gasteiger partial charge >= 0.3 is 0 Å².